The van der Waals surface area contributed by atoms with E-state index in [1.807, 2.05) is 0 Å². The Balaban J connectivity index is -0.000000529. The third kappa shape index (κ3) is 6.29. The van der Waals surface area contributed by atoms with Crippen LogP contribution in [0.25, 0.3) is 0 Å². The summed E-state index contributed by atoms with van der Waals surface area (Å²) < 4.78 is 250. The molecule has 0 amide bonds. The average Bonchev–Trinajstić information content (AvgIpc) is 2.52. The first-order chi connectivity index (χ1) is 13.4. The largest absolute Gasteiger partial charge is 2.00 e. The standard InChI is InChI=1S/2C4F9O2S.Ru/c2*5-1(6,3(9,10)11)2(7,8)4(12,13)16(14)15;/q2*-1;+2. The van der Waals surface area contributed by atoms with E-state index in [1.54, 1.807) is 0 Å². The van der Waals surface area contributed by atoms with Crippen LogP contribution in [-0.2, 0) is 57.7 Å². The molecule has 25 heteroatoms. The van der Waals surface area contributed by atoms with Crippen LogP contribution in [0.2, 0.25) is 0 Å². The van der Waals surface area contributed by atoms with E-state index in [1.165, 1.54) is 0 Å². The van der Waals surface area contributed by atoms with Gasteiger partial charge in [0.2, 0.25) is 0 Å². The third-order valence-electron chi connectivity index (χ3n) is 2.65. The number of hydrogen-bond donors (Lipinski definition) is 0. The zero-order valence-electron chi connectivity index (χ0n) is 13.6. The molecule has 202 valence electrons. The van der Waals surface area contributed by atoms with Crippen molar-refractivity contribution >= 4 is 21.4 Å². The fourth-order valence-electron chi connectivity index (χ4n) is 0.931. The van der Waals surface area contributed by atoms with Crippen LogP contribution in [0.4, 0.5) is 79.0 Å². The SMILES string of the molecule is O=[S-](=O)C(F)(F)C(F)(F)C(F)(F)C(F)(F)F.O=[S-](=O)C(F)(F)C(F)(F)C(F)(F)C(F)(F)F.[Ru+2]. The zero-order chi connectivity index (χ0) is 27.2. The molecule has 0 aromatic rings. The van der Waals surface area contributed by atoms with Crippen LogP contribution in [0, 0.1) is 0 Å². The summed E-state index contributed by atoms with van der Waals surface area (Å²) in [5.41, 5.74) is 0. The molecule has 0 aromatic heterocycles. The van der Waals surface area contributed by atoms with Gasteiger partial charge in [0.05, 0.1) is 0 Å². The van der Waals surface area contributed by atoms with Crippen molar-refractivity contribution in [3.05, 3.63) is 0 Å². The van der Waals surface area contributed by atoms with Gasteiger partial charge in [0.1, 0.15) is 0 Å². The Morgan fingerprint density at radius 2 is 0.485 bits per heavy atom. The summed E-state index contributed by atoms with van der Waals surface area (Å²) >= 11 is 0. The Labute approximate surface area is 183 Å². The summed E-state index contributed by atoms with van der Waals surface area (Å²) in [6, 6.07) is 0. The fraction of sp³-hybridized carbons (Fsp3) is 1.00. The minimum Gasteiger partial charge on any atom is -0.418 e. The Bertz CT molecular complexity index is 738. The van der Waals surface area contributed by atoms with E-state index in [-0.39, 0.29) is 19.5 Å². The molecule has 0 fully saturated rings. The Morgan fingerprint density at radius 1 is 0.333 bits per heavy atom. The second-order valence-electron chi connectivity index (χ2n) is 4.80. The minimum atomic E-state index is -7.18. The molecule has 0 atom stereocenters. The monoisotopic (exact) mass is 668 g/mol. The summed E-state index contributed by atoms with van der Waals surface area (Å²) in [7, 11) is -10.3. The van der Waals surface area contributed by atoms with E-state index in [2.05, 4.69) is 0 Å². The topological polar surface area (TPSA) is 68.3 Å². The van der Waals surface area contributed by atoms with E-state index in [9.17, 15) is 95.9 Å². The number of halogens is 18. The molecule has 0 aromatic carbocycles. The van der Waals surface area contributed by atoms with Crippen molar-refractivity contribution < 1.29 is 115 Å². The van der Waals surface area contributed by atoms with Gasteiger partial charge in [-0.15, -0.1) is 0 Å². The van der Waals surface area contributed by atoms with Gasteiger partial charge in [-0.3, -0.25) is 0 Å². The molecule has 0 bridgehead atoms. The molecule has 0 radical (unpaired) electrons. The number of alkyl halides is 18. The molecule has 0 aliphatic rings. The van der Waals surface area contributed by atoms with Gasteiger partial charge in [0.25, 0.3) is 0 Å². The van der Waals surface area contributed by atoms with Crippen molar-refractivity contribution in [2.45, 2.75) is 46.6 Å². The van der Waals surface area contributed by atoms with Crippen LogP contribution < -0.4 is 0 Å². The van der Waals surface area contributed by atoms with Gasteiger partial charge in [-0.2, -0.15) is 61.5 Å². The van der Waals surface area contributed by atoms with Crippen LogP contribution in [0.1, 0.15) is 0 Å². The molecule has 0 unspecified atom stereocenters. The fourth-order valence-corrected chi connectivity index (χ4v) is 1.61. The maximum atomic E-state index is 12.1. The molecule has 0 saturated heterocycles. The first kappa shape index (κ1) is 36.8. The van der Waals surface area contributed by atoms with E-state index in [0.29, 0.717) is 0 Å². The average molecular weight is 667 g/mol. The van der Waals surface area contributed by atoms with Crippen LogP contribution in [-0.4, -0.2) is 46.6 Å². The van der Waals surface area contributed by atoms with Crippen LogP contribution in [0.5, 0.6) is 0 Å². The summed E-state index contributed by atoms with van der Waals surface area (Å²) in [5.74, 6) is -28.6. The molecule has 0 aliphatic carbocycles. The zero-order valence-corrected chi connectivity index (χ0v) is 17.0. The molecular weight excluding hydrogens is 667 g/mol. The van der Waals surface area contributed by atoms with Gasteiger partial charge in [0.15, 0.2) is 0 Å². The van der Waals surface area contributed by atoms with Crippen LogP contribution in [0.15, 0.2) is 0 Å². The van der Waals surface area contributed by atoms with Crippen molar-refractivity contribution in [1.29, 1.82) is 0 Å². The summed E-state index contributed by atoms with van der Waals surface area (Å²) in [6.07, 6.45) is -14.0. The smallest absolute Gasteiger partial charge is 0.418 e. The van der Waals surface area contributed by atoms with Gasteiger partial charge in [-0.1, -0.05) is 0 Å². The normalized spacial score (nSPS) is 15.2. The predicted octanol–water partition coefficient (Wildman–Crippen LogP) is 5.44. The molecular formula is C8F18O4RuS2. The van der Waals surface area contributed by atoms with Gasteiger partial charge in [-0.05, 0) is 21.4 Å². The second kappa shape index (κ2) is 10.1. The maximum absolute atomic E-state index is 12.1. The molecule has 0 spiro atoms. The first-order valence-electron chi connectivity index (χ1n) is 5.98. The van der Waals surface area contributed by atoms with Crippen LogP contribution in [0.3, 0.4) is 0 Å². The van der Waals surface area contributed by atoms with E-state index >= 15 is 0 Å². The summed E-state index contributed by atoms with van der Waals surface area (Å²) in [5, 5.41) is -13.1. The predicted molar refractivity (Wildman–Crippen MR) is 59.3 cm³/mol. The minimum absolute atomic E-state index is 0. The molecule has 0 aliphatic heterocycles. The van der Waals surface area contributed by atoms with Crippen molar-refractivity contribution in [3.63, 3.8) is 0 Å². The molecule has 33 heavy (non-hydrogen) atoms. The molecule has 0 heterocycles. The molecule has 0 saturated carbocycles. The van der Waals surface area contributed by atoms with Crippen molar-refractivity contribution in [2.75, 3.05) is 0 Å². The van der Waals surface area contributed by atoms with Gasteiger partial charge < -0.3 is 16.8 Å². The quantitative estimate of drug-likeness (QED) is 0.215. The summed E-state index contributed by atoms with van der Waals surface area (Å²) in [4.78, 5) is 0. The number of rotatable bonds is 6. The molecule has 0 N–H and O–H groups in total. The van der Waals surface area contributed by atoms with Crippen molar-refractivity contribution in [3.8, 4) is 0 Å². The van der Waals surface area contributed by atoms with Gasteiger partial charge in [0, 0.05) is 0 Å². The number of hydrogen-bond acceptors (Lipinski definition) is 6. The molecule has 4 nitrogen and oxygen atoms in total. The first-order valence-corrected chi connectivity index (χ1v) is 8.13. The van der Waals surface area contributed by atoms with Gasteiger partial charge in [-0.25, -0.2) is 17.6 Å². The Hall–Kier alpha value is -0.737. The Kier molecular flexibility index (Phi) is 11.3. The van der Waals surface area contributed by atoms with Crippen molar-refractivity contribution in [2.24, 2.45) is 0 Å². The van der Waals surface area contributed by atoms with Crippen molar-refractivity contribution in [1.82, 2.24) is 0 Å². The van der Waals surface area contributed by atoms with Crippen LogP contribution >= 0.6 is 0 Å². The van der Waals surface area contributed by atoms with E-state index < -0.39 is 68.0 Å². The third-order valence-corrected chi connectivity index (χ3v) is 4.00. The van der Waals surface area contributed by atoms with E-state index in [4.69, 9.17) is 0 Å². The molecule has 0 rings (SSSR count). The second-order valence-corrected chi connectivity index (χ2v) is 6.76. The van der Waals surface area contributed by atoms with Gasteiger partial charge >= 0.3 is 66.0 Å². The maximum Gasteiger partial charge on any atom is 2.00 e. The van der Waals surface area contributed by atoms with E-state index in [0.717, 1.165) is 0 Å². The summed E-state index contributed by atoms with van der Waals surface area (Å²) in [6.45, 7) is 0. The Morgan fingerprint density at radius 3 is 0.576 bits per heavy atom.